The summed E-state index contributed by atoms with van der Waals surface area (Å²) >= 11 is 0. The van der Waals surface area contributed by atoms with Crippen LogP contribution in [0.5, 0.6) is 5.75 Å². The van der Waals surface area contributed by atoms with Crippen molar-refractivity contribution in [2.75, 3.05) is 6.61 Å². The second-order valence-electron chi connectivity index (χ2n) is 5.59. The van der Waals surface area contributed by atoms with Gasteiger partial charge in [-0.05, 0) is 42.9 Å². The molecule has 0 radical (unpaired) electrons. The van der Waals surface area contributed by atoms with Crippen LogP contribution in [0.3, 0.4) is 0 Å². The number of hydrogen-bond donors (Lipinski definition) is 2. The number of amides is 1. The average molecular weight is 276 g/mol. The van der Waals surface area contributed by atoms with Gasteiger partial charge in [-0.1, -0.05) is 26.0 Å². The molecule has 4 heteroatoms. The van der Waals surface area contributed by atoms with Crippen LogP contribution in [0.4, 0.5) is 0 Å². The fourth-order valence-corrected chi connectivity index (χ4v) is 2.05. The Morgan fingerprint density at radius 3 is 2.55 bits per heavy atom. The topological polar surface area (TPSA) is 64.3 Å². The Balaban J connectivity index is 1.86. The molecule has 1 aliphatic carbocycles. The Kier molecular flexibility index (Phi) is 5.01. The van der Waals surface area contributed by atoms with Crippen LogP contribution in [0.15, 0.2) is 24.3 Å². The van der Waals surface area contributed by atoms with Crippen molar-refractivity contribution < 1.29 is 9.53 Å². The molecule has 0 aliphatic heterocycles. The number of carbonyl (C=O) groups excluding carboxylic acids is 1. The highest BCUT2D eigenvalue weighted by molar-refractivity contribution is 5.80. The van der Waals surface area contributed by atoms with Crippen LogP contribution in [0, 0.1) is 0 Å². The van der Waals surface area contributed by atoms with Crippen molar-refractivity contribution >= 4 is 5.91 Å². The molecule has 0 heterocycles. The highest BCUT2D eigenvalue weighted by Gasteiger charge is 2.27. The van der Waals surface area contributed by atoms with Gasteiger partial charge in [-0.15, -0.1) is 0 Å². The van der Waals surface area contributed by atoms with Crippen molar-refractivity contribution in [2.24, 2.45) is 5.73 Å². The molecular formula is C16H24N2O2. The van der Waals surface area contributed by atoms with Crippen LogP contribution in [0.1, 0.15) is 44.6 Å². The maximum absolute atomic E-state index is 11.3. The molecule has 0 spiro atoms. The molecular weight excluding hydrogens is 252 g/mol. The smallest absolute Gasteiger partial charge is 0.238 e. The van der Waals surface area contributed by atoms with E-state index < -0.39 is 6.04 Å². The lowest BCUT2D eigenvalue weighted by Crippen LogP contribution is -2.46. The summed E-state index contributed by atoms with van der Waals surface area (Å²) in [5.74, 6) is 0.980. The third-order valence-electron chi connectivity index (χ3n) is 3.84. The summed E-state index contributed by atoms with van der Waals surface area (Å²) in [5, 5.41) is 3.20. The number of benzene rings is 1. The number of carbonyl (C=O) groups is 1. The predicted molar refractivity (Wildman–Crippen MR) is 79.8 cm³/mol. The first-order chi connectivity index (χ1) is 9.60. The Labute approximate surface area is 120 Å². The number of primary amides is 1. The van der Waals surface area contributed by atoms with Crippen molar-refractivity contribution in [1.82, 2.24) is 5.32 Å². The largest absolute Gasteiger partial charge is 0.491 e. The maximum atomic E-state index is 11.3. The molecule has 1 saturated carbocycles. The summed E-state index contributed by atoms with van der Waals surface area (Å²) in [6.45, 7) is 4.67. The van der Waals surface area contributed by atoms with Crippen LogP contribution >= 0.6 is 0 Å². The highest BCUT2D eigenvalue weighted by atomic mass is 16.5. The van der Waals surface area contributed by atoms with Crippen molar-refractivity contribution in [2.45, 2.75) is 51.1 Å². The molecule has 0 aromatic heterocycles. The first kappa shape index (κ1) is 14.9. The molecule has 4 nitrogen and oxygen atoms in total. The SMILES string of the molecule is CCC(C)c1ccc(OCC(NC2CC2)C(N)=O)cc1. The van der Waals surface area contributed by atoms with Crippen molar-refractivity contribution in [3.8, 4) is 5.75 Å². The molecule has 2 rings (SSSR count). The monoisotopic (exact) mass is 276 g/mol. The molecule has 20 heavy (non-hydrogen) atoms. The first-order valence-electron chi connectivity index (χ1n) is 7.38. The highest BCUT2D eigenvalue weighted by Crippen LogP contribution is 2.22. The van der Waals surface area contributed by atoms with E-state index in [1.807, 2.05) is 12.1 Å². The van der Waals surface area contributed by atoms with Gasteiger partial charge in [0.05, 0.1) is 0 Å². The molecule has 1 amide bonds. The molecule has 0 bridgehead atoms. The zero-order valence-electron chi connectivity index (χ0n) is 12.3. The number of nitrogens with two attached hydrogens (primary N) is 1. The lowest BCUT2D eigenvalue weighted by atomic mass is 9.99. The van der Waals surface area contributed by atoms with E-state index in [1.165, 1.54) is 5.56 Å². The van der Waals surface area contributed by atoms with Gasteiger partial charge in [-0.2, -0.15) is 0 Å². The number of ether oxygens (including phenoxy) is 1. The van der Waals surface area contributed by atoms with E-state index in [0.717, 1.165) is 25.0 Å². The minimum absolute atomic E-state index is 0.286. The number of rotatable bonds is 8. The van der Waals surface area contributed by atoms with Crippen LogP contribution in [0.2, 0.25) is 0 Å². The zero-order valence-corrected chi connectivity index (χ0v) is 12.3. The van der Waals surface area contributed by atoms with Gasteiger partial charge in [0.25, 0.3) is 0 Å². The minimum atomic E-state index is -0.406. The summed E-state index contributed by atoms with van der Waals surface area (Å²) in [6, 6.07) is 8.10. The summed E-state index contributed by atoms with van der Waals surface area (Å²) in [4.78, 5) is 11.3. The van der Waals surface area contributed by atoms with Crippen LogP contribution in [-0.4, -0.2) is 24.6 Å². The van der Waals surface area contributed by atoms with E-state index in [2.05, 4.69) is 31.3 Å². The van der Waals surface area contributed by atoms with Gasteiger partial charge in [-0.3, -0.25) is 4.79 Å². The summed E-state index contributed by atoms with van der Waals surface area (Å²) < 4.78 is 5.66. The third-order valence-corrected chi connectivity index (χ3v) is 3.84. The predicted octanol–water partition coefficient (Wildman–Crippen LogP) is 2.18. The average Bonchev–Trinajstić information content (AvgIpc) is 3.27. The van der Waals surface area contributed by atoms with E-state index in [1.54, 1.807) is 0 Å². The quantitative estimate of drug-likeness (QED) is 0.765. The molecule has 1 aliphatic rings. The molecule has 2 atom stereocenters. The molecule has 1 aromatic rings. The number of nitrogens with one attached hydrogen (secondary N) is 1. The van der Waals surface area contributed by atoms with E-state index in [4.69, 9.17) is 10.5 Å². The maximum Gasteiger partial charge on any atom is 0.238 e. The Bertz CT molecular complexity index is 440. The van der Waals surface area contributed by atoms with E-state index in [0.29, 0.717) is 12.0 Å². The fraction of sp³-hybridized carbons (Fsp3) is 0.562. The standard InChI is InChI=1S/C16H24N2O2/c1-3-11(2)12-4-8-14(9-5-12)20-10-15(16(17)19)18-13-6-7-13/h4-5,8-9,11,13,15,18H,3,6-7,10H2,1-2H3,(H2,17,19). The molecule has 3 N–H and O–H groups in total. The second kappa shape index (κ2) is 6.75. The third kappa shape index (κ3) is 4.23. The lowest BCUT2D eigenvalue weighted by molar-refractivity contribution is -0.120. The van der Waals surface area contributed by atoms with E-state index in [9.17, 15) is 4.79 Å². The van der Waals surface area contributed by atoms with Crippen molar-refractivity contribution in [3.05, 3.63) is 29.8 Å². The van der Waals surface area contributed by atoms with Gasteiger partial charge < -0.3 is 15.8 Å². The normalized spacial score (nSPS) is 17.5. The summed E-state index contributed by atoms with van der Waals surface area (Å²) in [6.07, 6.45) is 3.36. The summed E-state index contributed by atoms with van der Waals surface area (Å²) in [7, 11) is 0. The van der Waals surface area contributed by atoms with Crippen LogP contribution < -0.4 is 15.8 Å². The van der Waals surface area contributed by atoms with Gasteiger partial charge >= 0.3 is 0 Å². The van der Waals surface area contributed by atoms with Crippen molar-refractivity contribution in [1.29, 1.82) is 0 Å². The lowest BCUT2D eigenvalue weighted by Gasteiger charge is -2.16. The molecule has 110 valence electrons. The van der Waals surface area contributed by atoms with E-state index in [-0.39, 0.29) is 12.5 Å². The van der Waals surface area contributed by atoms with E-state index >= 15 is 0 Å². The fourth-order valence-electron chi connectivity index (χ4n) is 2.05. The minimum Gasteiger partial charge on any atom is -0.491 e. The van der Waals surface area contributed by atoms with Gasteiger partial charge in [0.1, 0.15) is 18.4 Å². The number of hydrogen-bond acceptors (Lipinski definition) is 3. The van der Waals surface area contributed by atoms with Gasteiger partial charge in [0.2, 0.25) is 5.91 Å². The first-order valence-corrected chi connectivity index (χ1v) is 7.38. The zero-order chi connectivity index (χ0) is 14.5. The second-order valence-corrected chi connectivity index (χ2v) is 5.59. The Hall–Kier alpha value is -1.55. The van der Waals surface area contributed by atoms with Gasteiger partial charge in [-0.25, -0.2) is 0 Å². The van der Waals surface area contributed by atoms with Crippen LogP contribution in [-0.2, 0) is 4.79 Å². The molecule has 1 aromatic carbocycles. The van der Waals surface area contributed by atoms with Crippen molar-refractivity contribution in [3.63, 3.8) is 0 Å². The van der Waals surface area contributed by atoms with Gasteiger partial charge in [0, 0.05) is 6.04 Å². The Morgan fingerprint density at radius 2 is 2.05 bits per heavy atom. The summed E-state index contributed by atoms with van der Waals surface area (Å²) in [5.41, 5.74) is 6.69. The van der Waals surface area contributed by atoms with Crippen LogP contribution in [0.25, 0.3) is 0 Å². The Morgan fingerprint density at radius 1 is 1.40 bits per heavy atom. The molecule has 2 unspecified atom stereocenters. The molecule has 1 fully saturated rings. The van der Waals surface area contributed by atoms with Gasteiger partial charge in [0.15, 0.2) is 0 Å². The molecule has 0 saturated heterocycles.